The van der Waals surface area contributed by atoms with Gasteiger partial charge in [-0.25, -0.2) is 0 Å². The van der Waals surface area contributed by atoms with Crippen LogP contribution in [0, 0.1) is 62.1 Å². The van der Waals surface area contributed by atoms with Gasteiger partial charge in [0.2, 0.25) is 0 Å². The van der Waals surface area contributed by atoms with E-state index < -0.39 is 0 Å². The van der Waals surface area contributed by atoms with E-state index in [1.165, 1.54) is 82.6 Å². The summed E-state index contributed by atoms with van der Waals surface area (Å²) in [4.78, 5) is 0. The maximum atomic E-state index is 4.25. The van der Waals surface area contributed by atoms with Crippen LogP contribution in [0.4, 0.5) is 0 Å². The number of hydrogen-bond donors (Lipinski definition) is 0. The van der Waals surface area contributed by atoms with E-state index in [2.05, 4.69) is 74.6 Å². The molecule has 6 aliphatic carbocycles. The van der Waals surface area contributed by atoms with Crippen LogP contribution in [0.3, 0.4) is 0 Å². The van der Waals surface area contributed by atoms with E-state index in [1.54, 1.807) is 24.5 Å². The Bertz CT molecular complexity index is 1040. The standard InChI is InChI=1S/C38H62.C3H6.C2H6/c1-10-38-17-11-12-30(38)29-13-14-32-34(6)18-15-28-22-27(24-33(4,5)23-26(2)3)25-35(28,7)31(34)16-19-37(32,9)36(29,8)20-21-38;1-3-2;1-2/h25,28-32H,2,10-24H2,1,3-9H3;3H,1H2,2H3;1-2H3/t28-,29?,30?,31?,32?,34+,35?,36-,37-,38-;;/m1../s1. The summed E-state index contributed by atoms with van der Waals surface area (Å²) in [7, 11) is 0. The molecule has 246 valence electrons. The highest BCUT2D eigenvalue weighted by atomic mass is 14.7. The minimum absolute atomic E-state index is 0.345. The van der Waals surface area contributed by atoms with Gasteiger partial charge in [-0.2, -0.15) is 0 Å². The summed E-state index contributed by atoms with van der Waals surface area (Å²) in [6, 6.07) is 0. The summed E-state index contributed by atoms with van der Waals surface area (Å²) in [5, 5.41) is 0. The molecule has 5 saturated carbocycles. The van der Waals surface area contributed by atoms with Crippen molar-refractivity contribution in [1.82, 2.24) is 0 Å². The van der Waals surface area contributed by atoms with Crippen molar-refractivity contribution in [3.05, 3.63) is 36.5 Å². The van der Waals surface area contributed by atoms with Gasteiger partial charge in [0, 0.05) is 0 Å². The average molecular weight is 591 g/mol. The highest BCUT2D eigenvalue weighted by Gasteiger charge is 2.70. The van der Waals surface area contributed by atoms with Gasteiger partial charge in [-0.3, -0.25) is 0 Å². The van der Waals surface area contributed by atoms with Gasteiger partial charge in [0.1, 0.15) is 0 Å². The lowest BCUT2D eigenvalue weighted by Crippen LogP contribution is -2.65. The Morgan fingerprint density at radius 2 is 1.56 bits per heavy atom. The van der Waals surface area contributed by atoms with Crippen LogP contribution in [-0.2, 0) is 0 Å². The summed E-state index contributed by atoms with van der Waals surface area (Å²) in [5.41, 5.74) is 6.26. The first kappa shape index (κ1) is 35.1. The van der Waals surface area contributed by atoms with E-state index in [4.69, 9.17) is 0 Å². The summed E-state index contributed by atoms with van der Waals surface area (Å²) in [6.07, 6.45) is 26.6. The Morgan fingerprint density at radius 3 is 2.19 bits per heavy atom. The van der Waals surface area contributed by atoms with Crippen LogP contribution >= 0.6 is 0 Å². The molecular weight excluding hydrogens is 516 g/mol. The molecule has 0 bridgehead atoms. The SMILES string of the molecule is C=C(C)CC(C)(C)CC1=CC2(C)C3CC[C@]4(C)C(CCC5C6CCC[C@]6(CC)CC[C@]54C)[C@@]3(C)CC[C@@H]2C1.C=CC.CC. The molecule has 10 atom stereocenters. The van der Waals surface area contributed by atoms with Crippen molar-refractivity contribution in [2.24, 2.45) is 62.1 Å². The summed E-state index contributed by atoms with van der Waals surface area (Å²) >= 11 is 0. The smallest absolute Gasteiger partial charge is 0.00790 e. The summed E-state index contributed by atoms with van der Waals surface area (Å²) in [6.45, 7) is 34.4. The van der Waals surface area contributed by atoms with Gasteiger partial charge in [0.15, 0.2) is 0 Å². The van der Waals surface area contributed by atoms with Crippen molar-refractivity contribution in [2.45, 2.75) is 172 Å². The molecule has 5 unspecified atom stereocenters. The molecule has 0 aromatic heterocycles. The second-order valence-corrected chi connectivity index (χ2v) is 18.4. The van der Waals surface area contributed by atoms with Crippen molar-refractivity contribution < 1.29 is 0 Å². The molecule has 0 heteroatoms. The minimum Gasteiger partial charge on any atom is -0.103 e. The van der Waals surface area contributed by atoms with Crippen LogP contribution in [0.5, 0.6) is 0 Å². The maximum absolute atomic E-state index is 4.25. The van der Waals surface area contributed by atoms with Gasteiger partial charge in [-0.1, -0.05) is 98.5 Å². The molecule has 0 amide bonds. The first-order chi connectivity index (χ1) is 20.1. The van der Waals surface area contributed by atoms with Crippen LogP contribution in [0.25, 0.3) is 0 Å². The van der Waals surface area contributed by atoms with Gasteiger partial charge in [-0.15, -0.1) is 13.2 Å². The van der Waals surface area contributed by atoms with E-state index in [0.29, 0.717) is 32.5 Å². The van der Waals surface area contributed by atoms with Crippen LogP contribution in [0.1, 0.15) is 172 Å². The normalized spacial score (nSPS) is 46.2. The monoisotopic (exact) mass is 591 g/mol. The number of hydrogen-bond acceptors (Lipinski definition) is 0. The van der Waals surface area contributed by atoms with Crippen LogP contribution in [0.15, 0.2) is 36.5 Å². The average Bonchev–Trinajstić information content (AvgIpc) is 3.50. The maximum Gasteiger partial charge on any atom is -0.00790 e. The molecule has 43 heavy (non-hydrogen) atoms. The van der Waals surface area contributed by atoms with Gasteiger partial charge >= 0.3 is 0 Å². The largest absolute Gasteiger partial charge is 0.103 e. The molecule has 0 heterocycles. The van der Waals surface area contributed by atoms with E-state index in [9.17, 15) is 0 Å². The van der Waals surface area contributed by atoms with E-state index in [-0.39, 0.29) is 0 Å². The zero-order chi connectivity index (χ0) is 32.1. The topological polar surface area (TPSA) is 0 Å². The van der Waals surface area contributed by atoms with E-state index >= 15 is 0 Å². The van der Waals surface area contributed by atoms with Crippen molar-refractivity contribution >= 4 is 0 Å². The van der Waals surface area contributed by atoms with Crippen molar-refractivity contribution in [2.75, 3.05) is 0 Å². The molecule has 0 saturated heterocycles. The van der Waals surface area contributed by atoms with Gasteiger partial charge in [0.05, 0.1) is 0 Å². The minimum atomic E-state index is 0.345. The third-order valence-electron chi connectivity index (χ3n) is 15.7. The Balaban J connectivity index is 0.000000798. The fourth-order valence-corrected chi connectivity index (χ4v) is 14.1. The zero-order valence-electron chi connectivity index (χ0n) is 31.1. The van der Waals surface area contributed by atoms with Gasteiger partial charge < -0.3 is 0 Å². The first-order valence-electron chi connectivity index (χ1n) is 19.1. The number of rotatable bonds is 5. The lowest BCUT2D eigenvalue weighted by molar-refractivity contribution is -0.236. The lowest BCUT2D eigenvalue weighted by Gasteiger charge is -2.72. The third kappa shape index (κ3) is 5.52. The van der Waals surface area contributed by atoms with E-state index in [0.717, 1.165) is 36.0 Å². The van der Waals surface area contributed by atoms with Crippen molar-refractivity contribution in [3.8, 4) is 0 Å². The Morgan fingerprint density at radius 1 is 0.884 bits per heavy atom. The summed E-state index contributed by atoms with van der Waals surface area (Å²) in [5.74, 6) is 4.75. The van der Waals surface area contributed by atoms with Crippen LogP contribution < -0.4 is 0 Å². The van der Waals surface area contributed by atoms with E-state index in [1.807, 2.05) is 20.8 Å². The number of fused-ring (bicyclic) bond motifs is 9. The molecule has 0 aromatic rings. The highest BCUT2D eigenvalue weighted by Crippen LogP contribution is 2.78. The van der Waals surface area contributed by atoms with Gasteiger partial charge in [-0.05, 0) is 159 Å². The van der Waals surface area contributed by atoms with Crippen molar-refractivity contribution in [3.63, 3.8) is 0 Å². The molecule has 0 radical (unpaired) electrons. The predicted octanol–water partition coefficient (Wildman–Crippen LogP) is 13.8. The second-order valence-electron chi connectivity index (χ2n) is 18.4. The predicted molar refractivity (Wildman–Crippen MR) is 191 cm³/mol. The Labute approximate surface area is 270 Å². The zero-order valence-corrected chi connectivity index (χ0v) is 31.1. The van der Waals surface area contributed by atoms with Crippen LogP contribution in [0.2, 0.25) is 0 Å². The number of allylic oxidation sites excluding steroid dienone is 4. The second kappa shape index (κ2) is 12.4. The molecule has 6 aliphatic rings. The molecular formula is C43H74. The van der Waals surface area contributed by atoms with Crippen molar-refractivity contribution in [1.29, 1.82) is 0 Å². The summed E-state index contributed by atoms with van der Waals surface area (Å²) < 4.78 is 0. The first-order valence-corrected chi connectivity index (χ1v) is 19.1. The molecule has 0 N–H and O–H groups in total. The Hall–Kier alpha value is -0.780. The third-order valence-corrected chi connectivity index (χ3v) is 15.7. The lowest BCUT2D eigenvalue weighted by atomic mass is 9.32. The molecule has 0 aromatic carbocycles. The highest BCUT2D eigenvalue weighted by molar-refractivity contribution is 5.27. The van der Waals surface area contributed by atoms with Gasteiger partial charge in [0.25, 0.3) is 0 Å². The fraction of sp³-hybridized carbons (Fsp3) is 0.860. The fourth-order valence-electron chi connectivity index (χ4n) is 14.1. The molecule has 0 aliphatic heterocycles. The molecule has 0 spiro atoms. The quantitative estimate of drug-likeness (QED) is 0.279. The Kier molecular flexibility index (Phi) is 10.1. The molecule has 6 rings (SSSR count). The molecule has 0 nitrogen and oxygen atoms in total. The molecule has 5 fully saturated rings. The van der Waals surface area contributed by atoms with Crippen LogP contribution in [-0.4, -0.2) is 0 Å².